The minimum absolute atomic E-state index is 0.187. The Hall–Kier alpha value is -2.48. The van der Waals surface area contributed by atoms with Crippen molar-refractivity contribution < 1.29 is 4.39 Å². The minimum atomic E-state index is -0.187. The highest BCUT2D eigenvalue weighted by Gasteiger charge is 2.11. The van der Waals surface area contributed by atoms with Crippen molar-refractivity contribution in [3.8, 4) is 22.3 Å². The van der Waals surface area contributed by atoms with E-state index in [2.05, 4.69) is 4.98 Å². The van der Waals surface area contributed by atoms with Crippen LogP contribution >= 0.6 is 0 Å². The van der Waals surface area contributed by atoms with Gasteiger partial charge in [-0.2, -0.15) is 0 Å². The predicted octanol–water partition coefficient (Wildman–Crippen LogP) is 5.17. The zero-order valence-corrected chi connectivity index (χ0v) is 12.1. The van der Waals surface area contributed by atoms with Gasteiger partial charge in [0, 0.05) is 23.0 Å². The summed E-state index contributed by atoms with van der Waals surface area (Å²) in [5.74, 6) is -0.187. The van der Waals surface area contributed by atoms with E-state index in [4.69, 9.17) is 0 Å². The molecule has 0 fully saturated rings. The summed E-state index contributed by atoms with van der Waals surface area (Å²) in [7, 11) is 0. The maximum Gasteiger partial charge on any atom is 0.137 e. The molecular formula is C19H16FN. The normalized spacial score (nSPS) is 10.6. The van der Waals surface area contributed by atoms with Crippen molar-refractivity contribution in [2.75, 3.05) is 0 Å². The second-order valence-corrected chi connectivity index (χ2v) is 5.14. The Bertz CT molecular complexity index is 779. The van der Waals surface area contributed by atoms with E-state index in [1.807, 2.05) is 61.5 Å². The van der Waals surface area contributed by atoms with Crippen LogP contribution in [0.25, 0.3) is 22.3 Å². The van der Waals surface area contributed by atoms with Gasteiger partial charge in [-0.3, -0.25) is 4.98 Å². The number of aromatic nitrogens is 1. The second kappa shape index (κ2) is 5.49. The van der Waals surface area contributed by atoms with E-state index >= 15 is 0 Å². The van der Waals surface area contributed by atoms with Crippen LogP contribution in [0.15, 0.2) is 60.8 Å². The molecule has 1 heterocycles. The Morgan fingerprint density at radius 1 is 0.810 bits per heavy atom. The highest BCUT2D eigenvalue weighted by atomic mass is 19.1. The average Bonchev–Trinajstić information content (AvgIpc) is 2.54. The van der Waals surface area contributed by atoms with Crippen LogP contribution in [-0.2, 0) is 0 Å². The van der Waals surface area contributed by atoms with E-state index in [9.17, 15) is 4.39 Å². The Labute approximate surface area is 124 Å². The van der Waals surface area contributed by atoms with Crippen molar-refractivity contribution in [2.24, 2.45) is 0 Å². The quantitative estimate of drug-likeness (QED) is 0.629. The lowest BCUT2D eigenvalue weighted by molar-refractivity contribution is 0.617. The third-order valence-corrected chi connectivity index (χ3v) is 3.78. The van der Waals surface area contributed by atoms with Crippen LogP contribution in [0, 0.1) is 19.7 Å². The number of rotatable bonds is 2. The Morgan fingerprint density at radius 2 is 1.48 bits per heavy atom. The smallest absolute Gasteiger partial charge is 0.137 e. The number of nitrogens with zero attached hydrogens (tertiary/aromatic N) is 1. The predicted molar refractivity (Wildman–Crippen MR) is 84.5 cm³/mol. The van der Waals surface area contributed by atoms with E-state index in [0.29, 0.717) is 11.1 Å². The molecule has 0 saturated heterocycles. The molecule has 0 radical (unpaired) electrons. The van der Waals surface area contributed by atoms with Crippen LogP contribution < -0.4 is 0 Å². The molecular weight excluding hydrogens is 261 g/mol. The maximum absolute atomic E-state index is 14.4. The van der Waals surface area contributed by atoms with E-state index in [1.54, 1.807) is 13.1 Å². The number of pyridine rings is 1. The molecule has 2 aromatic carbocycles. The van der Waals surface area contributed by atoms with Crippen LogP contribution in [0.4, 0.5) is 4.39 Å². The molecule has 104 valence electrons. The lowest BCUT2D eigenvalue weighted by Gasteiger charge is -2.09. The molecule has 0 unspecified atom stereocenters. The third-order valence-electron chi connectivity index (χ3n) is 3.78. The standard InChI is InChI=1S/C19H16FN/c1-13-14(2)21-12-18(19(13)20)17-10-6-9-16(11-17)15-7-4-3-5-8-15/h3-12H,1-2H3. The van der Waals surface area contributed by atoms with E-state index in [-0.39, 0.29) is 5.82 Å². The molecule has 3 rings (SSSR count). The Balaban J connectivity index is 2.11. The maximum atomic E-state index is 14.4. The summed E-state index contributed by atoms with van der Waals surface area (Å²) in [5.41, 5.74) is 4.94. The molecule has 1 aromatic heterocycles. The van der Waals surface area contributed by atoms with Gasteiger partial charge in [0.25, 0.3) is 0 Å². The van der Waals surface area contributed by atoms with Crippen LogP contribution in [-0.4, -0.2) is 4.98 Å². The molecule has 0 aliphatic heterocycles. The largest absolute Gasteiger partial charge is 0.260 e. The molecule has 0 saturated carbocycles. The highest BCUT2D eigenvalue weighted by Crippen LogP contribution is 2.29. The van der Waals surface area contributed by atoms with Gasteiger partial charge in [-0.05, 0) is 36.6 Å². The van der Waals surface area contributed by atoms with Gasteiger partial charge in [0.05, 0.1) is 0 Å². The molecule has 0 atom stereocenters. The molecule has 3 aromatic rings. The van der Waals surface area contributed by atoms with Crippen LogP contribution in [0.3, 0.4) is 0 Å². The number of benzene rings is 2. The number of hydrogen-bond donors (Lipinski definition) is 0. The summed E-state index contributed by atoms with van der Waals surface area (Å²) in [5, 5.41) is 0. The van der Waals surface area contributed by atoms with Crippen molar-refractivity contribution >= 4 is 0 Å². The molecule has 0 N–H and O–H groups in total. The lowest BCUT2D eigenvalue weighted by atomic mass is 9.98. The van der Waals surface area contributed by atoms with E-state index in [1.165, 1.54) is 0 Å². The molecule has 0 amide bonds. The van der Waals surface area contributed by atoms with Gasteiger partial charge in [0.15, 0.2) is 0 Å². The van der Waals surface area contributed by atoms with Gasteiger partial charge in [-0.15, -0.1) is 0 Å². The van der Waals surface area contributed by atoms with Gasteiger partial charge in [0.2, 0.25) is 0 Å². The Morgan fingerprint density at radius 3 is 2.24 bits per heavy atom. The SMILES string of the molecule is Cc1ncc(-c2cccc(-c3ccccc3)c2)c(F)c1C. The molecule has 0 bridgehead atoms. The van der Waals surface area contributed by atoms with Crippen LogP contribution in [0.2, 0.25) is 0 Å². The fourth-order valence-electron chi connectivity index (χ4n) is 2.37. The second-order valence-electron chi connectivity index (χ2n) is 5.14. The van der Waals surface area contributed by atoms with Gasteiger partial charge in [0.1, 0.15) is 5.82 Å². The number of halogens is 1. The fraction of sp³-hybridized carbons (Fsp3) is 0.105. The molecule has 2 heteroatoms. The third kappa shape index (κ3) is 2.57. The summed E-state index contributed by atoms with van der Waals surface area (Å²) in [6.07, 6.45) is 1.61. The van der Waals surface area contributed by atoms with E-state index < -0.39 is 0 Å². The summed E-state index contributed by atoms with van der Waals surface area (Å²) in [4.78, 5) is 4.28. The highest BCUT2D eigenvalue weighted by molar-refractivity contribution is 5.73. The van der Waals surface area contributed by atoms with Crippen molar-refractivity contribution in [3.63, 3.8) is 0 Å². The first-order valence-electron chi connectivity index (χ1n) is 6.94. The van der Waals surface area contributed by atoms with Crippen molar-refractivity contribution in [1.29, 1.82) is 0 Å². The van der Waals surface area contributed by atoms with E-state index in [0.717, 1.165) is 22.4 Å². The van der Waals surface area contributed by atoms with Gasteiger partial charge >= 0.3 is 0 Å². The van der Waals surface area contributed by atoms with Crippen molar-refractivity contribution in [3.05, 3.63) is 77.9 Å². The molecule has 0 aliphatic carbocycles. The topological polar surface area (TPSA) is 12.9 Å². The first kappa shape index (κ1) is 13.5. The first-order chi connectivity index (χ1) is 10.2. The Kier molecular flexibility index (Phi) is 3.53. The number of hydrogen-bond acceptors (Lipinski definition) is 1. The lowest BCUT2D eigenvalue weighted by Crippen LogP contribution is -1.95. The summed E-state index contributed by atoms with van der Waals surface area (Å²) < 4.78 is 14.4. The zero-order valence-electron chi connectivity index (χ0n) is 12.1. The first-order valence-corrected chi connectivity index (χ1v) is 6.94. The number of aryl methyl sites for hydroxylation is 1. The molecule has 1 nitrogen and oxygen atoms in total. The molecule has 0 aliphatic rings. The molecule has 0 spiro atoms. The van der Waals surface area contributed by atoms with Crippen LogP contribution in [0.1, 0.15) is 11.3 Å². The summed E-state index contributed by atoms with van der Waals surface area (Å²) in [6.45, 7) is 3.59. The molecule has 21 heavy (non-hydrogen) atoms. The monoisotopic (exact) mass is 277 g/mol. The van der Waals surface area contributed by atoms with Crippen molar-refractivity contribution in [2.45, 2.75) is 13.8 Å². The van der Waals surface area contributed by atoms with Crippen molar-refractivity contribution in [1.82, 2.24) is 4.98 Å². The average molecular weight is 277 g/mol. The van der Waals surface area contributed by atoms with Gasteiger partial charge in [-0.1, -0.05) is 48.5 Å². The van der Waals surface area contributed by atoms with Gasteiger partial charge in [-0.25, -0.2) is 4.39 Å². The summed E-state index contributed by atoms with van der Waals surface area (Å²) >= 11 is 0. The fourth-order valence-corrected chi connectivity index (χ4v) is 2.37. The summed E-state index contributed by atoms with van der Waals surface area (Å²) in [6, 6.07) is 18.0. The minimum Gasteiger partial charge on any atom is -0.260 e. The van der Waals surface area contributed by atoms with Crippen LogP contribution in [0.5, 0.6) is 0 Å². The zero-order chi connectivity index (χ0) is 14.8. The van der Waals surface area contributed by atoms with Gasteiger partial charge < -0.3 is 0 Å².